The lowest BCUT2D eigenvalue weighted by Gasteiger charge is -2.14. The van der Waals surface area contributed by atoms with Gasteiger partial charge >= 0.3 is 0 Å². The highest BCUT2D eigenvalue weighted by Crippen LogP contribution is 2.38. The minimum Gasteiger partial charge on any atom is -0.493 e. The van der Waals surface area contributed by atoms with Crippen molar-refractivity contribution in [3.63, 3.8) is 0 Å². The molecule has 0 atom stereocenters. The Kier molecular flexibility index (Phi) is 4.66. The number of methoxy groups -OCH3 is 1. The number of nitrogens with zero attached hydrogens (tertiary/aromatic N) is 3. The molecule has 0 amide bonds. The number of ether oxygens (including phenoxy) is 2. The summed E-state index contributed by atoms with van der Waals surface area (Å²) >= 11 is 0. The maximum absolute atomic E-state index is 15.3. The summed E-state index contributed by atoms with van der Waals surface area (Å²) in [7, 11) is 1.46. The molecule has 6 nitrogen and oxygen atoms in total. The number of hydrogen-bond donors (Lipinski definition) is 1. The highest BCUT2D eigenvalue weighted by Gasteiger charge is 2.20. The van der Waals surface area contributed by atoms with Crippen LogP contribution in [0.15, 0.2) is 36.8 Å². The zero-order chi connectivity index (χ0) is 20.5. The van der Waals surface area contributed by atoms with Crippen LogP contribution in [0.25, 0.3) is 32.9 Å². The molecule has 0 bridgehead atoms. The Bertz CT molecular complexity index is 1300. The Balaban J connectivity index is 2.09. The van der Waals surface area contributed by atoms with E-state index in [1.165, 1.54) is 31.5 Å². The van der Waals surface area contributed by atoms with Crippen molar-refractivity contribution in [2.24, 2.45) is 0 Å². The van der Waals surface area contributed by atoms with Gasteiger partial charge < -0.3 is 14.6 Å². The number of benzene rings is 2. The van der Waals surface area contributed by atoms with Crippen molar-refractivity contribution in [3.05, 3.63) is 54.0 Å². The van der Waals surface area contributed by atoms with E-state index >= 15 is 4.39 Å². The van der Waals surface area contributed by atoms with Gasteiger partial charge in [0.2, 0.25) is 5.88 Å². The van der Waals surface area contributed by atoms with Gasteiger partial charge in [0, 0.05) is 24.3 Å². The lowest BCUT2D eigenvalue weighted by atomic mass is 9.96. The van der Waals surface area contributed by atoms with E-state index in [-0.39, 0.29) is 34.5 Å². The molecule has 144 valence electrons. The first-order valence-electron chi connectivity index (χ1n) is 8.38. The van der Waals surface area contributed by atoms with E-state index in [9.17, 15) is 9.50 Å². The Morgan fingerprint density at radius 1 is 1.17 bits per heavy atom. The lowest BCUT2D eigenvalue weighted by Crippen LogP contribution is -2.01. The van der Waals surface area contributed by atoms with Gasteiger partial charge in [-0.2, -0.15) is 0 Å². The van der Waals surface area contributed by atoms with Crippen molar-refractivity contribution in [2.75, 3.05) is 13.9 Å². The molecule has 2 heterocycles. The summed E-state index contributed by atoms with van der Waals surface area (Å²) < 4.78 is 40.1. The molecular formula is C21H13F2N3O3. The van der Waals surface area contributed by atoms with Crippen LogP contribution in [-0.4, -0.2) is 34.0 Å². The predicted molar refractivity (Wildman–Crippen MR) is 102 cm³/mol. The quantitative estimate of drug-likeness (QED) is 0.420. The summed E-state index contributed by atoms with van der Waals surface area (Å²) in [4.78, 5) is 11.6. The third-order valence-electron chi connectivity index (χ3n) is 4.38. The average Bonchev–Trinajstić information content (AvgIpc) is 2.73. The Hall–Kier alpha value is -3.83. The molecule has 2 aromatic carbocycles. The van der Waals surface area contributed by atoms with Crippen LogP contribution in [0.3, 0.4) is 0 Å². The van der Waals surface area contributed by atoms with Gasteiger partial charge in [-0.3, -0.25) is 4.98 Å². The highest BCUT2D eigenvalue weighted by molar-refractivity contribution is 6.02. The number of rotatable bonds is 4. The van der Waals surface area contributed by atoms with Gasteiger partial charge in [0.15, 0.2) is 12.6 Å². The molecule has 29 heavy (non-hydrogen) atoms. The normalized spacial score (nSPS) is 11.0. The maximum Gasteiger partial charge on any atom is 0.223 e. The number of hydrogen-bond acceptors (Lipinski definition) is 6. The second-order valence-corrected chi connectivity index (χ2v) is 6.07. The van der Waals surface area contributed by atoms with Crippen molar-refractivity contribution in [3.8, 4) is 35.2 Å². The largest absolute Gasteiger partial charge is 0.493 e. The van der Waals surface area contributed by atoms with Crippen LogP contribution < -0.4 is 4.74 Å². The van der Waals surface area contributed by atoms with Crippen LogP contribution in [0.4, 0.5) is 8.78 Å². The molecule has 8 heteroatoms. The van der Waals surface area contributed by atoms with Crippen LogP contribution in [0.2, 0.25) is 0 Å². The molecular weight excluding hydrogens is 380 g/mol. The van der Waals surface area contributed by atoms with Crippen LogP contribution in [0, 0.1) is 24.0 Å². The van der Waals surface area contributed by atoms with Gasteiger partial charge in [-0.05, 0) is 23.6 Å². The fourth-order valence-corrected chi connectivity index (χ4v) is 3.12. The second kappa shape index (κ2) is 7.30. The van der Waals surface area contributed by atoms with E-state index in [0.717, 1.165) is 6.33 Å². The first-order chi connectivity index (χ1) is 14.0. The Morgan fingerprint density at radius 3 is 2.76 bits per heavy atom. The highest BCUT2D eigenvalue weighted by atomic mass is 19.1. The molecule has 0 saturated carbocycles. The molecule has 0 aliphatic rings. The summed E-state index contributed by atoms with van der Waals surface area (Å²) in [6.07, 6.45) is 7.80. The third kappa shape index (κ3) is 3.07. The van der Waals surface area contributed by atoms with Gasteiger partial charge in [0.1, 0.15) is 29.1 Å². The summed E-state index contributed by atoms with van der Waals surface area (Å²) in [5, 5.41) is 10.7. The summed E-state index contributed by atoms with van der Waals surface area (Å²) in [6.45, 7) is -0.0388. The van der Waals surface area contributed by atoms with Crippen LogP contribution >= 0.6 is 0 Å². The van der Waals surface area contributed by atoms with Crippen LogP contribution in [0.5, 0.6) is 11.6 Å². The van der Waals surface area contributed by atoms with Crippen molar-refractivity contribution in [1.29, 1.82) is 0 Å². The smallest absolute Gasteiger partial charge is 0.223 e. The van der Waals surface area contributed by atoms with Crippen LogP contribution in [-0.2, 0) is 4.74 Å². The van der Waals surface area contributed by atoms with Gasteiger partial charge in [-0.1, -0.05) is 12.0 Å². The molecule has 0 spiro atoms. The molecule has 0 saturated heterocycles. The molecule has 4 aromatic rings. The number of aromatic hydroxyl groups is 1. The van der Waals surface area contributed by atoms with E-state index in [1.807, 2.05) is 0 Å². The maximum atomic E-state index is 15.3. The monoisotopic (exact) mass is 393 g/mol. The standard InChI is InChI=1S/C21H13F2N3O3/c1-3-13-16(22)5-4-11-6-12(29-10-28-2)7-14(17(11)13)19-18(23)20-15(8-24-19)21(27)26-9-25-20/h1,4-9H,10H2,2H3,(H,25,26,27). The number of fused-ring (bicyclic) bond motifs is 2. The van der Waals surface area contributed by atoms with Crippen molar-refractivity contribution >= 4 is 21.7 Å². The minimum absolute atomic E-state index is 0.0253. The first kappa shape index (κ1) is 18.5. The van der Waals surface area contributed by atoms with Gasteiger partial charge in [0.05, 0.1) is 10.9 Å². The van der Waals surface area contributed by atoms with Crippen molar-refractivity contribution in [1.82, 2.24) is 15.0 Å². The van der Waals surface area contributed by atoms with E-state index < -0.39 is 17.5 Å². The topological polar surface area (TPSA) is 77.4 Å². The summed E-state index contributed by atoms with van der Waals surface area (Å²) in [6, 6.07) is 5.89. The number of terminal acetylenes is 1. The molecule has 0 aliphatic heterocycles. The molecule has 0 unspecified atom stereocenters. The fourth-order valence-electron chi connectivity index (χ4n) is 3.12. The molecule has 4 rings (SSSR count). The van der Waals surface area contributed by atoms with Crippen molar-refractivity contribution < 1.29 is 23.4 Å². The van der Waals surface area contributed by atoms with E-state index in [0.29, 0.717) is 16.5 Å². The second-order valence-electron chi connectivity index (χ2n) is 6.07. The molecule has 0 radical (unpaired) electrons. The first-order valence-corrected chi connectivity index (χ1v) is 8.38. The van der Waals surface area contributed by atoms with E-state index in [1.54, 1.807) is 6.07 Å². The predicted octanol–water partition coefficient (Wildman–Crippen LogP) is 3.79. The SMILES string of the molecule is C#Cc1c(F)ccc2cc(OCOC)cc(-c3ncc4c(O)ncnc4c3F)c12. The summed E-state index contributed by atoms with van der Waals surface area (Å²) in [5.74, 6) is 0.854. The number of aromatic nitrogens is 3. The molecule has 2 aromatic heterocycles. The van der Waals surface area contributed by atoms with Crippen LogP contribution in [0.1, 0.15) is 5.56 Å². The zero-order valence-electron chi connectivity index (χ0n) is 15.1. The molecule has 1 N–H and O–H groups in total. The van der Waals surface area contributed by atoms with E-state index in [2.05, 4.69) is 20.9 Å². The third-order valence-corrected chi connectivity index (χ3v) is 4.38. The van der Waals surface area contributed by atoms with E-state index in [4.69, 9.17) is 15.9 Å². The summed E-state index contributed by atoms with van der Waals surface area (Å²) in [5.41, 5.74) is -0.0516. The lowest BCUT2D eigenvalue weighted by molar-refractivity contribution is 0.0512. The fraction of sp³-hybridized carbons (Fsp3) is 0.0952. The van der Waals surface area contributed by atoms with Gasteiger partial charge in [-0.25, -0.2) is 18.7 Å². The van der Waals surface area contributed by atoms with Gasteiger partial charge in [0.25, 0.3) is 0 Å². The molecule has 0 aliphatic carbocycles. The molecule has 0 fully saturated rings. The number of pyridine rings is 1. The minimum atomic E-state index is -0.808. The van der Waals surface area contributed by atoms with Crippen molar-refractivity contribution in [2.45, 2.75) is 0 Å². The Morgan fingerprint density at radius 2 is 2.00 bits per heavy atom. The van der Waals surface area contributed by atoms with Gasteiger partial charge in [-0.15, -0.1) is 6.42 Å². The number of halogens is 2. The zero-order valence-corrected chi connectivity index (χ0v) is 15.1. The average molecular weight is 393 g/mol. The Labute approximate surface area is 163 Å².